The average molecular weight is 425 g/mol. The van der Waals surface area contributed by atoms with Crippen LogP contribution in [0.5, 0.6) is 17.2 Å². The summed E-state index contributed by atoms with van der Waals surface area (Å²) in [6, 6.07) is 11.6. The zero-order chi connectivity index (χ0) is 20.5. The first kappa shape index (κ1) is 17.7. The van der Waals surface area contributed by atoms with Crippen LogP contribution in [0.2, 0.25) is 5.15 Å². The molecule has 6 rings (SSSR count). The zero-order valence-corrected chi connectivity index (χ0v) is 17.0. The van der Waals surface area contributed by atoms with Gasteiger partial charge in [0.25, 0.3) is 5.82 Å². The number of rotatable bonds is 2. The van der Waals surface area contributed by atoms with Crippen molar-refractivity contribution >= 4 is 23.2 Å². The molecule has 3 aliphatic rings. The number of fused-ring (bicyclic) bond motifs is 5. The number of para-hydroxylation sites is 1. The molecular formula is C22H19ClN3O4+. The Morgan fingerprint density at radius 1 is 1.10 bits per heavy atom. The van der Waals surface area contributed by atoms with E-state index in [4.69, 9.17) is 25.8 Å². The van der Waals surface area contributed by atoms with Gasteiger partial charge in [-0.05, 0) is 29.3 Å². The normalized spacial score (nSPS) is 21.0. The first-order chi connectivity index (χ1) is 14.6. The summed E-state index contributed by atoms with van der Waals surface area (Å²) in [4.78, 5) is 18.9. The molecule has 30 heavy (non-hydrogen) atoms. The van der Waals surface area contributed by atoms with Crippen molar-refractivity contribution in [1.82, 2.24) is 4.98 Å². The van der Waals surface area contributed by atoms with Gasteiger partial charge in [0.2, 0.25) is 11.1 Å². The van der Waals surface area contributed by atoms with Crippen molar-refractivity contribution in [1.29, 1.82) is 0 Å². The number of carbonyl (C=O) groups is 1. The van der Waals surface area contributed by atoms with Gasteiger partial charge in [0.1, 0.15) is 43.7 Å². The molecule has 8 heteroatoms. The molecule has 7 nitrogen and oxygen atoms in total. The summed E-state index contributed by atoms with van der Waals surface area (Å²) >= 11 is 6.19. The Hall–Kier alpha value is -3.19. The van der Waals surface area contributed by atoms with Gasteiger partial charge in [0.15, 0.2) is 11.5 Å². The van der Waals surface area contributed by atoms with Crippen molar-refractivity contribution in [2.24, 2.45) is 7.05 Å². The highest BCUT2D eigenvalue weighted by atomic mass is 35.5. The third-order valence-corrected chi connectivity index (χ3v) is 6.57. The maximum atomic E-state index is 14.0. The summed E-state index contributed by atoms with van der Waals surface area (Å²) in [5.41, 5.74) is 1.72. The van der Waals surface area contributed by atoms with Crippen LogP contribution in [0.3, 0.4) is 0 Å². The first-order valence-electron chi connectivity index (χ1n) is 9.80. The number of amides is 1. The molecule has 152 valence electrons. The van der Waals surface area contributed by atoms with E-state index in [9.17, 15) is 4.79 Å². The lowest BCUT2D eigenvalue weighted by molar-refractivity contribution is -0.675. The van der Waals surface area contributed by atoms with Gasteiger partial charge in [-0.15, -0.1) is 0 Å². The van der Waals surface area contributed by atoms with Gasteiger partial charge in [-0.1, -0.05) is 18.2 Å². The number of nitrogens with zero attached hydrogens (tertiary/aromatic N) is 2. The second-order valence-corrected chi connectivity index (χ2v) is 8.10. The SMILES string of the molecule is C[n+]1c(Cl)c[nH]c1CN1C(=O)C2(COc3cc4c(cc32)OCCO4)c2ccccc21. The molecule has 1 atom stereocenters. The monoisotopic (exact) mass is 424 g/mol. The molecule has 0 aliphatic carbocycles. The number of carbonyl (C=O) groups excluding carboxylic acids is 1. The van der Waals surface area contributed by atoms with Gasteiger partial charge in [-0.3, -0.25) is 9.69 Å². The second kappa shape index (κ2) is 6.15. The zero-order valence-electron chi connectivity index (χ0n) is 16.3. The molecule has 0 saturated heterocycles. The van der Waals surface area contributed by atoms with Crippen molar-refractivity contribution in [3.05, 3.63) is 64.7 Å². The lowest BCUT2D eigenvalue weighted by atomic mass is 9.77. The van der Waals surface area contributed by atoms with Gasteiger partial charge in [-0.25, -0.2) is 9.55 Å². The van der Waals surface area contributed by atoms with Crippen LogP contribution >= 0.6 is 11.6 Å². The number of aromatic nitrogens is 2. The van der Waals surface area contributed by atoms with Crippen LogP contribution in [0, 0.1) is 0 Å². The van der Waals surface area contributed by atoms with Crippen LogP contribution in [0.1, 0.15) is 17.0 Å². The van der Waals surface area contributed by atoms with Crippen LogP contribution in [-0.4, -0.2) is 30.7 Å². The minimum atomic E-state index is -0.906. The molecule has 1 unspecified atom stereocenters. The summed E-state index contributed by atoms with van der Waals surface area (Å²) in [6.45, 7) is 1.61. The van der Waals surface area contributed by atoms with Gasteiger partial charge in [0, 0.05) is 17.3 Å². The lowest BCUT2D eigenvalue weighted by Gasteiger charge is -2.24. The maximum Gasteiger partial charge on any atom is 0.275 e. The largest absolute Gasteiger partial charge is 0.491 e. The Morgan fingerprint density at radius 2 is 1.87 bits per heavy atom. The fourth-order valence-corrected chi connectivity index (χ4v) is 4.79. The van der Waals surface area contributed by atoms with Crippen molar-refractivity contribution in [3.63, 3.8) is 0 Å². The van der Waals surface area contributed by atoms with Crippen molar-refractivity contribution in [3.8, 4) is 17.2 Å². The fraction of sp³-hybridized carbons (Fsp3) is 0.273. The molecule has 1 spiro atoms. The number of ether oxygens (including phenoxy) is 3. The highest BCUT2D eigenvalue weighted by molar-refractivity contribution is 6.28. The standard InChI is InChI=1S/C22H18ClN3O4/c1-25-19(23)10-24-20(25)11-26-15-5-3-2-4-13(15)22(21(26)27)12-30-16-9-18-17(8-14(16)22)28-6-7-29-18/h2-5,8-10H,6-7,11-12H2,1H3/p+1. The van der Waals surface area contributed by atoms with Crippen LogP contribution in [0.25, 0.3) is 0 Å². The van der Waals surface area contributed by atoms with E-state index in [-0.39, 0.29) is 12.5 Å². The van der Waals surface area contributed by atoms with E-state index in [1.807, 2.05) is 48.0 Å². The number of nitrogens with one attached hydrogen (secondary N) is 1. The molecule has 2 aromatic carbocycles. The number of imidazole rings is 1. The number of halogens is 1. The molecule has 0 saturated carbocycles. The highest BCUT2D eigenvalue weighted by Crippen LogP contribution is 2.54. The average Bonchev–Trinajstić information content (AvgIpc) is 3.38. The van der Waals surface area contributed by atoms with E-state index >= 15 is 0 Å². The second-order valence-electron chi connectivity index (χ2n) is 7.71. The van der Waals surface area contributed by atoms with E-state index in [0.29, 0.717) is 42.2 Å². The molecular weight excluding hydrogens is 406 g/mol. The first-order valence-corrected chi connectivity index (χ1v) is 10.2. The van der Waals surface area contributed by atoms with Crippen LogP contribution in [0.15, 0.2) is 42.6 Å². The van der Waals surface area contributed by atoms with Crippen LogP contribution in [0.4, 0.5) is 5.69 Å². The topological polar surface area (TPSA) is 67.7 Å². The third kappa shape index (κ3) is 2.21. The van der Waals surface area contributed by atoms with E-state index in [2.05, 4.69) is 4.98 Å². The minimum Gasteiger partial charge on any atom is -0.491 e. The molecule has 1 N–H and O–H groups in total. The Labute approximate surface area is 177 Å². The highest BCUT2D eigenvalue weighted by Gasteiger charge is 2.57. The van der Waals surface area contributed by atoms with E-state index in [1.54, 1.807) is 11.1 Å². The minimum absolute atomic E-state index is 0.0233. The molecule has 3 aliphatic heterocycles. The quantitative estimate of drug-likeness (QED) is 0.642. The molecule has 1 aromatic heterocycles. The number of H-pyrrole nitrogens is 1. The fourth-order valence-electron chi connectivity index (χ4n) is 4.64. The van der Waals surface area contributed by atoms with Gasteiger partial charge < -0.3 is 14.2 Å². The number of aromatic amines is 1. The molecule has 4 heterocycles. The van der Waals surface area contributed by atoms with Gasteiger partial charge in [0.05, 0.1) is 7.05 Å². The van der Waals surface area contributed by atoms with Crippen LogP contribution in [-0.2, 0) is 23.8 Å². The summed E-state index contributed by atoms with van der Waals surface area (Å²) in [5, 5.41) is 0.581. The Morgan fingerprint density at radius 3 is 2.63 bits per heavy atom. The molecule has 0 bridgehead atoms. The number of benzene rings is 2. The number of hydrogen-bond acceptors (Lipinski definition) is 4. The molecule has 3 aromatic rings. The van der Waals surface area contributed by atoms with E-state index < -0.39 is 5.41 Å². The smallest absolute Gasteiger partial charge is 0.275 e. The number of hydrogen-bond donors (Lipinski definition) is 1. The van der Waals surface area contributed by atoms with Crippen molar-refractivity contribution in [2.75, 3.05) is 24.7 Å². The lowest BCUT2D eigenvalue weighted by Crippen LogP contribution is -2.44. The molecule has 1 amide bonds. The molecule has 0 radical (unpaired) electrons. The summed E-state index contributed by atoms with van der Waals surface area (Å²) in [6.07, 6.45) is 1.72. The maximum absolute atomic E-state index is 14.0. The Kier molecular flexibility index (Phi) is 3.62. The predicted molar refractivity (Wildman–Crippen MR) is 108 cm³/mol. The van der Waals surface area contributed by atoms with Crippen molar-refractivity contribution in [2.45, 2.75) is 12.0 Å². The predicted octanol–water partition coefficient (Wildman–Crippen LogP) is 2.49. The van der Waals surface area contributed by atoms with Gasteiger partial charge in [-0.2, -0.15) is 0 Å². The molecule has 0 fully saturated rings. The summed E-state index contributed by atoms with van der Waals surface area (Å²) < 4.78 is 19.4. The Bertz CT molecular complexity index is 1210. The van der Waals surface area contributed by atoms with Crippen molar-refractivity contribution < 1.29 is 23.6 Å². The summed E-state index contributed by atoms with van der Waals surface area (Å²) in [5.74, 6) is 2.78. The van der Waals surface area contributed by atoms with E-state index in [1.165, 1.54) is 0 Å². The van der Waals surface area contributed by atoms with Gasteiger partial charge >= 0.3 is 0 Å². The third-order valence-electron chi connectivity index (χ3n) is 6.20. The number of anilines is 1. The van der Waals surface area contributed by atoms with Crippen LogP contribution < -0.4 is 23.7 Å². The Balaban J connectivity index is 1.50. The summed E-state index contributed by atoms with van der Waals surface area (Å²) in [7, 11) is 1.87. The van der Waals surface area contributed by atoms with E-state index in [0.717, 1.165) is 22.6 Å².